The largest absolute Gasteiger partial charge is 0.493 e. The van der Waals surface area contributed by atoms with Gasteiger partial charge in [0.2, 0.25) is 21.8 Å². The van der Waals surface area contributed by atoms with Crippen LogP contribution in [0.4, 0.5) is 5.69 Å². The Kier molecular flexibility index (Phi) is 11.2. The summed E-state index contributed by atoms with van der Waals surface area (Å²) in [6, 6.07) is 11.5. The molecule has 0 aliphatic carbocycles. The second kappa shape index (κ2) is 13.9. The second-order valence-corrected chi connectivity index (χ2v) is 10.7. The molecule has 0 spiro atoms. The number of rotatable bonds is 14. The number of sulfonamides is 1. The highest BCUT2D eigenvalue weighted by molar-refractivity contribution is 7.92. The van der Waals surface area contributed by atoms with Gasteiger partial charge in [-0.05, 0) is 43.0 Å². The minimum atomic E-state index is -3.85. The number of aryl methyl sites for hydroxylation is 1. The van der Waals surface area contributed by atoms with Gasteiger partial charge in [-0.3, -0.25) is 13.9 Å². The van der Waals surface area contributed by atoms with Gasteiger partial charge < -0.3 is 19.7 Å². The molecule has 0 bridgehead atoms. The molecule has 2 rings (SSSR count). The Balaban J connectivity index is 2.46. The average Bonchev–Trinajstić information content (AvgIpc) is 2.87. The molecule has 1 N–H and O–H groups in total. The Bertz CT molecular complexity index is 1170. The SMILES string of the molecule is CCCCNC(=O)[C@@H](CC)N(Cc1ccccc1C)C(=O)CN(c1ccc(OC)c(OC)c1)S(C)(=O)=O. The molecule has 2 amide bonds. The van der Waals surface area contributed by atoms with Crippen molar-refractivity contribution in [2.75, 3.05) is 37.9 Å². The van der Waals surface area contributed by atoms with Crippen molar-refractivity contribution in [1.82, 2.24) is 10.2 Å². The number of amides is 2. The van der Waals surface area contributed by atoms with Crippen LogP contribution in [0.2, 0.25) is 0 Å². The molecule has 0 saturated carbocycles. The standard InChI is InChI=1S/C27H39N3O6S/c1-7-9-16-28-27(32)23(8-2)29(18-21-13-11-10-12-20(21)3)26(31)19-30(37(6,33)34)22-14-15-24(35-4)25(17-22)36-5/h10-15,17,23H,7-9,16,18-19H2,1-6H3,(H,28,32)/t23-/m1/s1. The van der Waals surface area contributed by atoms with Crippen molar-refractivity contribution in [2.24, 2.45) is 0 Å². The smallest absolute Gasteiger partial charge is 0.244 e. The maximum atomic E-state index is 13.8. The average molecular weight is 534 g/mol. The molecular weight excluding hydrogens is 494 g/mol. The van der Waals surface area contributed by atoms with Crippen molar-refractivity contribution < 1.29 is 27.5 Å². The predicted molar refractivity (Wildman–Crippen MR) is 145 cm³/mol. The Hall–Kier alpha value is -3.27. The van der Waals surface area contributed by atoms with Gasteiger partial charge in [0.15, 0.2) is 11.5 Å². The first kappa shape index (κ1) is 30.0. The summed E-state index contributed by atoms with van der Waals surface area (Å²) in [5, 5.41) is 2.92. The van der Waals surface area contributed by atoms with E-state index >= 15 is 0 Å². The van der Waals surface area contributed by atoms with E-state index < -0.39 is 28.5 Å². The van der Waals surface area contributed by atoms with Crippen LogP contribution in [0.1, 0.15) is 44.2 Å². The number of benzene rings is 2. The van der Waals surface area contributed by atoms with Crippen molar-refractivity contribution in [3.8, 4) is 11.5 Å². The molecule has 0 heterocycles. The van der Waals surface area contributed by atoms with Gasteiger partial charge >= 0.3 is 0 Å². The Morgan fingerprint density at radius 2 is 1.70 bits per heavy atom. The monoisotopic (exact) mass is 533 g/mol. The van der Waals surface area contributed by atoms with Gasteiger partial charge in [-0.1, -0.05) is 44.5 Å². The van der Waals surface area contributed by atoms with E-state index in [9.17, 15) is 18.0 Å². The highest BCUT2D eigenvalue weighted by atomic mass is 32.2. The molecule has 204 valence electrons. The number of nitrogens with zero attached hydrogens (tertiary/aromatic N) is 2. The third-order valence-electron chi connectivity index (χ3n) is 6.15. The lowest BCUT2D eigenvalue weighted by Crippen LogP contribution is -2.52. The Morgan fingerprint density at radius 3 is 2.27 bits per heavy atom. The molecule has 2 aromatic rings. The third kappa shape index (κ3) is 8.11. The van der Waals surface area contributed by atoms with Crippen molar-refractivity contribution >= 4 is 27.5 Å². The van der Waals surface area contributed by atoms with E-state index in [1.54, 1.807) is 12.1 Å². The molecule has 10 heteroatoms. The van der Waals surface area contributed by atoms with Gasteiger partial charge in [0.25, 0.3) is 0 Å². The summed E-state index contributed by atoms with van der Waals surface area (Å²) in [5.74, 6) is 0.0254. The molecule has 0 aliphatic heterocycles. The first-order valence-corrected chi connectivity index (χ1v) is 14.2. The molecule has 0 radical (unpaired) electrons. The van der Waals surface area contributed by atoms with Crippen LogP contribution in [0.25, 0.3) is 0 Å². The van der Waals surface area contributed by atoms with Crippen LogP contribution in [0.15, 0.2) is 42.5 Å². The van der Waals surface area contributed by atoms with E-state index in [1.165, 1.54) is 25.2 Å². The van der Waals surface area contributed by atoms with E-state index in [-0.39, 0.29) is 18.1 Å². The van der Waals surface area contributed by atoms with E-state index in [1.807, 2.05) is 45.0 Å². The molecule has 0 aromatic heterocycles. The zero-order valence-corrected chi connectivity index (χ0v) is 23.4. The molecule has 0 unspecified atom stereocenters. The summed E-state index contributed by atoms with van der Waals surface area (Å²) in [5.41, 5.74) is 2.11. The molecule has 37 heavy (non-hydrogen) atoms. The highest BCUT2D eigenvalue weighted by Gasteiger charge is 2.32. The lowest BCUT2D eigenvalue weighted by atomic mass is 10.1. The fraction of sp³-hybridized carbons (Fsp3) is 0.481. The number of nitrogens with one attached hydrogen (secondary N) is 1. The quantitative estimate of drug-likeness (QED) is 0.373. The van der Waals surface area contributed by atoms with E-state index in [0.29, 0.717) is 24.5 Å². The molecule has 1 atom stereocenters. The number of hydrogen-bond acceptors (Lipinski definition) is 6. The zero-order chi connectivity index (χ0) is 27.6. The van der Waals surface area contributed by atoms with E-state index in [4.69, 9.17) is 9.47 Å². The van der Waals surface area contributed by atoms with Gasteiger partial charge in [0.1, 0.15) is 12.6 Å². The summed E-state index contributed by atoms with van der Waals surface area (Å²) in [4.78, 5) is 28.4. The third-order valence-corrected chi connectivity index (χ3v) is 7.29. The number of hydrogen-bond donors (Lipinski definition) is 1. The number of methoxy groups -OCH3 is 2. The first-order chi connectivity index (χ1) is 17.6. The molecule has 0 aliphatic rings. The fourth-order valence-corrected chi connectivity index (χ4v) is 4.83. The molecule has 0 fully saturated rings. The van der Waals surface area contributed by atoms with Crippen LogP contribution >= 0.6 is 0 Å². The number of anilines is 1. The van der Waals surface area contributed by atoms with Crippen LogP contribution in [0.3, 0.4) is 0 Å². The topological polar surface area (TPSA) is 105 Å². The van der Waals surface area contributed by atoms with Crippen molar-refractivity contribution in [3.05, 3.63) is 53.6 Å². The number of ether oxygens (including phenoxy) is 2. The maximum Gasteiger partial charge on any atom is 0.244 e. The maximum absolute atomic E-state index is 13.8. The van der Waals surface area contributed by atoms with Crippen molar-refractivity contribution in [2.45, 2.75) is 52.6 Å². The molecule has 0 saturated heterocycles. The first-order valence-electron chi connectivity index (χ1n) is 12.4. The number of carbonyl (C=O) groups is 2. The van der Waals surface area contributed by atoms with Crippen molar-refractivity contribution in [1.29, 1.82) is 0 Å². The summed E-state index contributed by atoms with van der Waals surface area (Å²) >= 11 is 0. The van der Waals surface area contributed by atoms with Crippen LogP contribution in [0, 0.1) is 6.92 Å². The highest BCUT2D eigenvalue weighted by Crippen LogP contribution is 2.32. The predicted octanol–water partition coefficient (Wildman–Crippen LogP) is 3.50. The normalized spacial score (nSPS) is 11.9. The van der Waals surface area contributed by atoms with Crippen LogP contribution in [-0.2, 0) is 26.2 Å². The van der Waals surface area contributed by atoms with Crippen molar-refractivity contribution in [3.63, 3.8) is 0 Å². The van der Waals surface area contributed by atoms with Crippen LogP contribution in [0.5, 0.6) is 11.5 Å². The minimum Gasteiger partial charge on any atom is -0.493 e. The summed E-state index contributed by atoms with van der Waals surface area (Å²) < 4.78 is 37.2. The number of unbranched alkanes of at least 4 members (excludes halogenated alkanes) is 1. The molecular formula is C27H39N3O6S. The lowest BCUT2D eigenvalue weighted by molar-refractivity contribution is -0.140. The molecule has 9 nitrogen and oxygen atoms in total. The number of carbonyl (C=O) groups excluding carboxylic acids is 2. The Morgan fingerprint density at radius 1 is 1.03 bits per heavy atom. The Labute approximate surface area is 220 Å². The van der Waals surface area contributed by atoms with Crippen LogP contribution < -0.4 is 19.1 Å². The van der Waals surface area contributed by atoms with E-state index in [2.05, 4.69) is 5.32 Å². The van der Waals surface area contributed by atoms with Gasteiger partial charge in [-0.2, -0.15) is 0 Å². The van der Waals surface area contributed by atoms with Gasteiger partial charge in [0, 0.05) is 19.2 Å². The lowest BCUT2D eigenvalue weighted by Gasteiger charge is -2.33. The fourth-order valence-electron chi connectivity index (χ4n) is 3.99. The molecule has 2 aromatic carbocycles. The van der Waals surface area contributed by atoms with Gasteiger partial charge in [0.05, 0.1) is 26.2 Å². The zero-order valence-electron chi connectivity index (χ0n) is 22.6. The summed E-state index contributed by atoms with van der Waals surface area (Å²) in [7, 11) is -0.923. The van der Waals surface area contributed by atoms with E-state index in [0.717, 1.165) is 34.5 Å². The van der Waals surface area contributed by atoms with Gasteiger partial charge in [-0.15, -0.1) is 0 Å². The minimum absolute atomic E-state index is 0.175. The van der Waals surface area contributed by atoms with Crippen LogP contribution in [-0.4, -0.2) is 64.7 Å². The summed E-state index contributed by atoms with van der Waals surface area (Å²) in [6.07, 6.45) is 3.18. The second-order valence-electron chi connectivity index (χ2n) is 8.83. The summed E-state index contributed by atoms with van der Waals surface area (Å²) in [6.45, 7) is 6.02. The van der Waals surface area contributed by atoms with Gasteiger partial charge in [-0.25, -0.2) is 8.42 Å².